The number of aromatic nitrogens is 1. The lowest BCUT2D eigenvalue weighted by atomic mass is 10.1. The van der Waals surface area contributed by atoms with E-state index in [4.69, 9.17) is 23.2 Å². The Morgan fingerprint density at radius 1 is 1.17 bits per heavy atom. The zero-order valence-corrected chi connectivity index (χ0v) is 18.6. The van der Waals surface area contributed by atoms with E-state index in [1.54, 1.807) is 18.2 Å². The molecule has 3 aromatic rings. The van der Waals surface area contributed by atoms with Gasteiger partial charge in [-0.25, -0.2) is 4.99 Å². The first-order chi connectivity index (χ1) is 14.4. The van der Waals surface area contributed by atoms with Gasteiger partial charge in [-0.15, -0.1) is 0 Å². The summed E-state index contributed by atoms with van der Waals surface area (Å²) in [5.74, 6) is -0.631. The molecule has 4 rings (SSSR count). The summed E-state index contributed by atoms with van der Waals surface area (Å²) < 4.78 is 0. The first-order valence-electron chi connectivity index (χ1n) is 9.36. The average molecular weight is 461 g/mol. The quantitative estimate of drug-likeness (QED) is 0.578. The molecule has 1 aliphatic rings. The van der Waals surface area contributed by atoms with E-state index in [1.807, 2.05) is 18.2 Å². The van der Waals surface area contributed by atoms with E-state index in [0.29, 0.717) is 41.9 Å². The van der Waals surface area contributed by atoms with Gasteiger partial charge in [-0.05, 0) is 44.2 Å². The molecule has 0 atom stereocenters. The van der Waals surface area contributed by atoms with Crippen molar-refractivity contribution in [3.05, 3.63) is 61.9 Å². The first kappa shape index (κ1) is 20.7. The highest BCUT2D eigenvalue weighted by molar-refractivity contribution is 7.17. The topological polar surface area (TPSA) is 77.8 Å². The second kappa shape index (κ2) is 8.26. The standard InChI is InChI=1S/C21H18Cl2N4O2S/c1-3-27(4-2)11-8-9-14-12(10-11)16(19(28)24-14)18-20(29)26-21(30-18)25-15-7-5-6-13(22)17(15)23/h5-10,29H,3-4H2,1-2H3,(H,25,26). The van der Waals surface area contributed by atoms with Crippen molar-refractivity contribution in [3.63, 3.8) is 0 Å². The van der Waals surface area contributed by atoms with Gasteiger partial charge in [0.25, 0.3) is 5.91 Å². The van der Waals surface area contributed by atoms with Gasteiger partial charge in [0.15, 0.2) is 5.13 Å². The molecule has 154 valence electrons. The largest absolute Gasteiger partial charge is 0.492 e. The van der Waals surface area contributed by atoms with Crippen molar-refractivity contribution in [2.45, 2.75) is 13.8 Å². The van der Waals surface area contributed by atoms with Gasteiger partial charge < -0.3 is 15.3 Å². The number of hydrogen-bond donors (Lipinski definition) is 2. The molecular formula is C21H18Cl2N4O2S. The molecule has 2 N–H and O–H groups in total. The molecular weight excluding hydrogens is 443 g/mol. The highest BCUT2D eigenvalue weighted by Gasteiger charge is 2.25. The van der Waals surface area contributed by atoms with Crippen LogP contribution in [0.4, 0.5) is 16.5 Å². The molecule has 0 fully saturated rings. The number of halogens is 2. The van der Waals surface area contributed by atoms with Crippen molar-refractivity contribution >= 4 is 62.5 Å². The molecule has 2 aromatic carbocycles. The molecule has 9 heteroatoms. The first-order valence-corrected chi connectivity index (χ1v) is 10.9. The zero-order chi connectivity index (χ0) is 21.4. The number of aromatic hydroxyl groups is 1. The van der Waals surface area contributed by atoms with Gasteiger partial charge in [0.2, 0.25) is 5.88 Å². The number of fused-ring (bicyclic) bond motifs is 1. The summed E-state index contributed by atoms with van der Waals surface area (Å²) in [5, 5.41) is 16.0. The van der Waals surface area contributed by atoms with Crippen molar-refractivity contribution in [2.24, 2.45) is 4.99 Å². The Balaban J connectivity index is 1.80. The maximum absolute atomic E-state index is 12.7. The van der Waals surface area contributed by atoms with Crippen LogP contribution in [0.3, 0.4) is 0 Å². The number of carbonyl (C=O) groups excluding carboxylic acids is 1. The van der Waals surface area contributed by atoms with Crippen LogP contribution in [0.5, 0.6) is 5.88 Å². The smallest absolute Gasteiger partial charge is 0.279 e. The molecule has 0 saturated carbocycles. The SMILES string of the molecule is CCN(CC)c1ccc2c(c1)=C(c1sc(Nc3cccc(Cl)c3Cl)nc1O)C(=O)N=2. The third-order valence-electron chi connectivity index (χ3n) is 4.84. The molecule has 0 saturated heterocycles. The zero-order valence-electron chi connectivity index (χ0n) is 16.2. The van der Waals surface area contributed by atoms with E-state index in [9.17, 15) is 9.90 Å². The summed E-state index contributed by atoms with van der Waals surface area (Å²) >= 11 is 13.4. The third-order valence-corrected chi connectivity index (χ3v) is 6.64. The van der Waals surface area contributed by atoms with E-state index < -0.39 is 5.91 Å². The summed E-state index contributed by atoms with van der Waals surface area (Å²) in [6.45, 7) is 5.83. The van der Waals surface area contributed by atoms with E-state index in [2.05, 4.69) is 34.0 Å². The molecule has 0 aliphatic carbocycles. The lowest BCUT2D eigenvalue weighted by Crippen LogP contribution is -2.28. The van der Waals surface area contributed by atoms with Crippen LogP contribution in [-0.4, -0.2) is 29.1 Å². The molecule has 2 heterocycles. The van der Waals surface area contributed by atoms with Gasteiger partial charge in [0, 0.05) is 24.0 Å². The Hall–Kier alpha value is -2.61. The predicted octanol–water partition coefficient (Wildman–Crippen LogP) is 4.10. The summed E-state index contributed by atoms with van der Waals surface area (Å²) in [6.07, 6.45) is 0. The van der Waals surface area contributed by atoms with E-state index in [1.165, 1.54) is 0 Å². The maximum atomic E-state index is 12.7. The highest BCUT2D eigenvalue weighted by Crippen LogP contribution is 2.38. The van der Waals surface area contributed by atoms with Crippen molar-refractivity contribution in [1.29, 1.82) is 0 Å². The number of rotatable bonds is 6. The van der Waals surface area contributed by atoms with Crippen LogP contribution in [0.15, 0.2) is 41.4 Å². The van der Waals surface area contributed by atoms with Gasteiger partial charge in [-0.3, -0.25) is 4.79 Å². The number of benzene rings is 2. The fraction of sp³-hybridized carbons (Fsp3) is 0.190. The number of nitrogens with zero attached hydrogens (tertiary/aromatic N) is 3. The minimum absolute atomic E-state index is 0.236. The van der Waals surface area contributed by atoms with Crippen molar-refractivity contribution in [1.82, 2.24) is 4.98 Å². The molecule has 0 radical (unpaired) electrons. The Bertz CT molecular complexity index is 1270. The van der Waals surface area contributed by atoms with Gasteiger partial charge in [0.1, 0.15) is 4.88 Å². The summed E-state index contributed by atoms with van der Waals surface area (Å²) in [4.78, 5) is 23.5. The molecule has 1 aromatic heterocycles. The number of anilines is 3. The number of nitrogens with one attached hydrogen (secondary N) is 1. The van der Waals surface area contributed by atoms with Gasteiger partial charge >= 0.3 is 0 Å². The van der Waals surface area contributed by atoms with Crippen molar-refractivity contribution < 1.29 is 9.90 Å². The fourth-order valence-corrected chi connectivity index (χ4v) is 4.62. The second-order valence-corrected chi connectivity index (χ2v) is 8.35. The fourth-order valence-electron chi connectivity index (χ4n) is 3.35. The Morgan fingerprint density at radius 3 is 2.67 bits per heavy atom. The summed E-state index contributed by atoms with van der Waals surface area (Å²) in [7, 11) is 0. The second-order valence-electron chi connectivity index (χ2n) is 6.56. The number of thiazole rings is 1. The van der Waals surface area contributed by atoms with Crippen molar-refractivity contribution in [2.75, 3.05) is 23.3 Å². The maximum Gasteiger partial charge on any atom is 0.279 e. The molecule has 6 nitrogen and oxygen atoms in total. The van der Waals surface area contributed by atoms with Gasteiger partial charge in [-0.2, -0.15) is 4.98 Å². The molecule has 30 heavy (non-hydrogen) atoms. The predicted molar refractivity (Wildman–Crippen MR) is 122 cm³/mol. The number of hydrogen-bond acceptors (Lipinski definition) is 6. The van der Waals surface area contributed by atoms with Gasteiger partial charge in [0.05, 0.1) is 26.7 Å². The summed E-state index contributed by atoms with van der Waals surface area (Å²) in [5.41, 5.74) is 1.90. The Labute approximate surface area is 187 Å². The van der Waals surface area contributed by atoms with Crippen LogP contribution in [0.1, 0.15) is 18.7 Å². The van der Waals surface area contributed by atoms with Crippen molar-refractivity contribution in [3.8, 4) is 5.88 Å². The van der Waals surface area contributed by atoms with E-state index in [0.717, 1.165) is 30.1 Å². The van der Waals surface area contributed by atoms with Crippen LogP contribution in [0.2, 0.25) is 10.0 Å². The molecule has 1 amide bonds. The lowest BCUT2D eigenvalue weighted by molar-refractivity contribution is -0.112. The van der Waals surface area contributed by atoms with Crippen LogP contribution >= 0.6 is 34.5 Å². The van der Waals surface area contributed by atoms with Gasteiger partial charge in [-0.1, -0.05) is 40.6 Å². The normalized spacial score (nSPS) is 12.7. The number of carbonyl (C=O) groups is 1. The monoisotopic (exact) mass is 460 g/mol. The Morgan fingerprint density at radius 2 is 1.93 bits per heavy atom. The van der Waals surface area contributed by atoms with Crippen LogP contribution < -0.4 is 20.8 Å². The molecule has 0 spiro atoms. The van der Waals surface area contributed by atoms with Crippen LogP contribution in [0, 0.1) is 0 Å². The minimum Gasteiger partial charge on any atom is -0.492 e. The van der Waals surface area contributed by atoms with E-state index >= 15 is 0 Å². The van der Waals surface area contributed by atoms with Crippen LogP contribution in [-0.2, 0) is 4.79 Å². The number of amides is 1. The average Bonchev–Trinajstić information content (AvgIpc) is 3.24. The molecule has 0 bridgehead atoms. The minimum atomic E-state index is -0.395. The molecule has 0 unspecified atom stereocenters. The lowest BCUT2D eigenvalue weighted by Gasteiger charge is -2.20. The Kier molecular flexibility index (Phi) is 5.69. The molecule has 1 aliphatic heterocycles. The van der Waals surface area contributed by atoms with Crippen LogP contribution in [0.25, 0.3) is 5.57 Å². The highest BCUT2D eigenvalue weighted by atomic mass is 35.5. The summed E-state index contributed by atoms with van der Waals surface area (Å²) in [6, 6.07) is 10.9. The third kappa shape index (κ3) is 3.64. The van der Waals surface area contributed by atoms with E-state index in [-0.39, 0.29) is 5.88 Å².